The van der Waals surface area contributed by atoms with Crippen LogP contribution in [0, 0.1) is 0 Å². The van der Waals surface area contributed by atoms with Crippen molar-refractivity contribution in [3.05, 3.63) is 23.6 Å². The Morgan fingerprint density at radius 2 is 2.06 bits per heavy atom. The van der Waals surface area contributed by atoms with Gasteiger partial charge >= 0.3 is 5.97 Å². The van der Waals surface area contributed by atoms with E-state index < -0.39 is 5.97 Å². The lowest BCUT2D eigenvalue weighted by Crippen LogP contribution is -2.09. The van der Waals surface area contributed by atoms with E-state index in [0.29, 0.717) is 12.3 Å². The second-order valence-electron chi connectivity index (χ2n) is 3.36. The number of nitrogens with zero attached hydrogens (tertiary/aromatic N) is 1. The maximum Gasteiger partial charge on any atom is 0.303 e. The zero-order valence-corrected chi connectivity index (χ0v) is 11.0. The normalized spacial score (nSPS) is 15.8. The fourth-order valence-electron chi connectivity index (χ4n) is 1.03. The van der Waals surface area contributed by atoms with E-state index in [1.165, 1.54) is 6.26 Å². The summed E-state index contributed by atoms with van der Waals surface area (Å²) in [6.07, 6.45) is 5.74. The Labute approximate surface area is 107 Å². The molecule has 0 aromatic heterocycles. The van der Waals surface area contributed by atoms with Crippen molar-refractivity contribution >= 4 is 18.0 Å². The number of carboxylic acid groups (broad SMARTS) is 1. The average molecular weight is 253 g/mol. The summed E-state index contributed by atoms with van der Waals surface area (Å²) in [5.74, 6) is -0.775. The number of carbonyl (C=O) groups excluding carboxylic acids is 1. The highest BCUT2D eigenvalue weighted by Gasteiger charge is 2.15. The minimum atomic E-state index is -0.745. The molecule has 0 saturated heterocycles. The number of ketones is 1. The zero-order chi connectivity index (χ0) is 14.0. The van der Waals surface area contributed by atoms with Gasteiger partial charge in [0.1, 0.15) is 12.0 Å². The summed E-state index contributed by atoms with van der Waals surface area (Å²) in [5.41, 5.74) is 1.17. The molecule has 5 nitrogen and oxygen atoms in total. The van der Waals surface area contributed by atoms with Crippen molar-refractivity contribution < 1.29 is 19.4 Å². The van der Waals surface area contributed by atoms with Crippen molar-refractivity contribution in [2.75, 3.05) is 6.61 Å². The first kappa shape index (κ1) is 16.1. The molecular formula is C13H19NO4. The standard InChI is InChI=1S/C10H13NO2.C3H6O2/c1-3-8-5-6-11-9(10(8)12)7-13-4-2;1-2-3(4)5/h5-7H,3-4H2,1-2H3;2H2,1H3,(H,4,5). The molecule has 0 unspecified atom stereocenters. The summed E-state index contributed by atoms with van der Waals surface area (Å²) < 4.78 is 5.01. The van der Waals surface area contributed by atoms with Crippen molar-refractivity contribution in [2.45, 2.75) is 33.6 Å². The van der Waals surface area contributed by atoms with Gasteiger partial charge in [-0.3, -0.25) is 9.59 Å². The van der Waals surface area contributed by atoms with Crippen LogP contribution in [0.15, 0.2) is 28.6 Å². The third-order valence-corrected chi connectivity index (χ3v) is 2.06. The summed E-state index contributed by atoms with van der Waals surface area (Å²) in [7, 11) is 0. The number of hydrogen-bond donors (Lipinski definition) is 1. The van der Waals surface area contributed by atoms with E-state index in [0.717, 1.165) is 12.0 Å². The van der Waals surface area contributed by atoms with Gasteiger partial charge in [0.25, 0.3) is 0 Å². The Balaban J connectivity index is 0.000000494. The van der Waals surface area contributed by atoms with E-state index in [4.69, 9.17) is 9.84 Å². The minimum absolute atomic E-state index is 0.0292. The number of aliphatic imine (C=N–C) groups is 1. The maximum atomic E-state index is 11.5. The van der Waals surface area contributed by atoms with Crippen LogP contribution in [0.3, 0.4) is 0 Å². The molecule has 0 amide bonds. The Morgan fingerprint density at radius 3 is 2.50 bits per heavy atom. The van der Waals surface area contributed by atoms with Gasteiger partial charge in [-0.25, -0.2) is 4.99 Å². The van der Waals surface area contributed by atoms with E-state index >= 15 is 0 Å². The highest BCUT2D eigenvalue weighted by molar-refractivity contribution is 6.12. The van der Waals surface area contributed by atoms with Crippen LogP contribution in [-0.4, -0.2) is 29.7 Å². The van der Waals surface area contributed by atoms with Crippen LogP contribution >= 0.6 is 0 Å². The van der Waals surface area contributed by atoms with Gasteiger partial charge in [0.2, 0.25) is 5.78 Å². The van der Waals surface area contributed by atoms with Gasteiger partial charge in [0, 0.05) is 18.2 Å². The second-order valence-corrected chi connectivity index (χ2v) is 3.36. The predicted octanol–water partition coefficient (Wildman–Crippen LogP) is 2.34. The first-order valence-electron chi connectivity index (χ1n) is 5.88. The number of ether oxygens (including phenoxy) is 1. The van der Waals surface area contributed by atoms with Crippen LogP contribution in [0.5, 0.6) is 0 Å². The minimum Gasteiger partial charge on any atom is -0.499 e. The SMILES string of the molecule is CCC(=O)O.CCOC=C1N=CC=C(CC)C1=O. The van der Waals surface area contributed by atoms with Gasteiger partial charge in [0.15, 0.2) is 0 Å². The Bertz CT molecular complexity index is 380. The van der Waals surface area contributed by atoms with E-state index in [1.807, 2.05) is 13.8 Å². The third kappa shape index (κ3) is 5.98. The number of aliphatic carboxylic acids is 1. The van der Waals surface area contributed by atoms with E-state index in [9.17, 15) is 9.59 Å². The van der Waals surface area contributed by atoms with Crippen LogP contribution < -0.4 is 0 Å². The number of Topliss-reactive ketones (excluding diaryl/α,β-unsaturated/α-hetero) is 1. The predicted molar refractivity (Wildman–Crippen MR) is 69.5 cm³/mol. The van der Waals surface area contributed by atoms with E-state index in [-0.39, 0.29) is 12.2 Å². The maximum absolute atomic E-state index is 11.5. The summed E-state index contributed by atoms with van der Waals surface area (Å²) in [6, 6.07) is 0. The molecule has 0 atom stereocenters. The number of carboxylic acids is 1. The van der Waals surface area contributed by atoms with Crippen LogP contribution in [0.4, 0.5) is 0 Å². The van der Waals surface area contributed by atoms with Gasteiger partial charge in [0.05, 0.1) is 6.61 Å². The molecule has 18 heavy (non-hydrogen) atoms. The van der Waals surface area contributed by atoms with Gasteiger partial charge in [-0.15, -0.1) is 0 Å². The largest absolute Gasteiger partial charge is 0.499 e. The Hall–Kier alpha value is -1.91. The summed E-state index contributed by atoms with van der Waals surface area (Å²) in [4.78, 5) is 24.8. The van der Waals surface area contributed by atoms with Crippen molar-refractivity contribution in [1.29, 1.82) is 0 Å². The topological polar surface area (TPSA) is 76.0 Å². The summed E-state index contributed by atoms with van der Waals surface area (Å²) >= 11 is 0. The van der Waals surface area contributed by atoms with Crippen molar-refractivity contribution in [3.8, 4) is 0 Å². The van der Waals surface area contributed by atoms with Gasteiger partial charge in [-0.2, -0.15) is 0 Å². The Morgan fingerprint density at radius 1 is 1.44 bits per heavy atom. The van der Waals surface area contributed by atoms with Gasteiger partial charge in [-0.1, -0.05) is 13.8 Å². The highest BCUT2D eigenvalue weighted by Crippen LogP contribution is 2.14. The molecule has 100 valence electrons. The molecular weight excluding hydrogens is 234 g/mol. The molecule has 0 aromatic rings. The van der Waals surface area contributed by atoms with Crippen LogP contribution in [0.25, 0.3) is 0 Å². The molecule has 0 aromatic carbocycles. The second kappa shape index (κ2) is 9.15. The molecule has 1 N–H and O–H groups in total. The van der Waals surface area contributed by atoms with Crippen LogP contribution in [0.1, 0.15) is 33.6 Å². The monoisotopic (exact) mass is 253 g/mol. The van der Waals surface area contributed by atoms with Crippen LogP contribution in [-0.2, 0) is 14.3 Å². The molecule has 0 radical (unpaired) electrons. The molecule has 1 aliphatic rings. The van der Waals surface area contributed by atoms with E-state index in [2.05, 4.69) is 4.99 Å². The molecule has 0 aliphatic carbocycles. The van der Waals surface area contributed by atoms with Gasteiger partial charge < -0.3 is 9.84 Å². The fourth-order valence-corrected chi connectivity index (χ4v) is 1.03. The molecule has 1 heterocycles. The lowest BCUT2D eigenvalue weighted by molar-refractivity contribution is -0.136. The molecule has 0 bridgehead atoms. The lowest BCUT2D eigenvalue weighted by Gasteiger charge is -2.07. The molecule has 1 aliphatic heterocycles. The van der Waals surface area contributed by atoms with Crippen LogP contribution in [0.2, 0.25) is 0 Å². The third-order valence-electron chi connectivity index (χ3n) is 2.06. The first-order chi connectivity index (χ1) is 8.56. The highest BCUT2D eigenvalue weighted by atomic mass is 16.5. The smallest absolute Gasteiger partial charge is 0.303 e. The number of allylic oxidation sites excluding steroid dienone is 2. The van der Waals surface area contributed by atoms with Crippen molar-refractivity contribution in [1.82, 2.24) is 0 Å². The number of rotatable bonds is 4. The quantitative estimate of drug-likeness (QED) is 0.616. The molecule has 5 heteroatoms. The molecule has 1 rings (SSSR count). The summed E-state index contributed by atoms with van der Waals surface area (Å²) in [5, 5.41) is 7.72. The fraction of sp³-hybridized carbons (Fsp3) is 0.462. The van der Waals surface area contributed by atoms with Crippen molar-refractivity contribution in [3.63, 3.8) is 0 Å². The Kier molecular flexibility index (Phi) is 8.18. The molecule has 0 spiro atoms. The number of dihydropyridines is 1. The molecule has 0 saturated carbocycles. The van der Waals surface area contributed by atoms with Gasteiger partial charge in [-0.05, 0) is 19.4 Å². The summed E-state index contributed by atoms with van der Waals surface area (Å²) in [6.45, 7) is 5.96. The lowest BCUT2D eigenvalue weighted by atomic mass is 10.1. The number of carbonyl (C=O) groups is 2. The zero-order valence-electron chi connectivity index (χ0n) is 11.0. The van der Waals surface area contributed by atoms with Crippen molar-refractivity contribution in [2.24, 2.45) is 4.99 Å². The van der Waals surface area contributed by atoms with E-state index in [1.54, 1.807) is 19.2 Å². The first-order valence-corrected chi connectivity index (χ1v) is 5.88. The number of hydrogen-bond acceptors (Lipinski definition) is 4. The molecule has 0 fully saturated rings. The average Bonchev–Trinajstić information content (AvgIpc) is 2.38.